The molecule has 0 bridgehead atoms. The number of pyridine rings is 1. The van der Waals surface area contributed by atoms with E-state index < -0.39 is 0 Å². The highest BCUT2D eigenvalue weighted by molar-refractivity contribution is 5.92. The molecule has 28 heavy (non-hydrogen) atoms. The molecule has 8 nitrogen and oxygen atoms in total. The van der Waals surface area contributed by atoms with Crippen molar-refractivity contribution in [3.05, 3.63) is 71.8 Å². The minimum atomic E-state index is -0.294. The minimum absolute atomic E-state index is 0.155. The lowest BCUT2D eigenvalue weighted by atomic mass is 10.2. The second-order valence-corrected chi connectivity index (χ2v) is 6.14. The molecule has 2 heterocycles. The summed E-state index contributed by atoms with van der Waals surface area (Å²) in [5.41, 5.74) is 3.22. The molecule has 142 valence electrons. The summed E-state index contributed by atoms with van der Waals surface area (Å²) in [5, 5.41) is 8.61. The van der Waals surface area contributed by atoms with Crippen LogP contribution in [0.1, 0.15) is 28.7 Å². The van der Waals surface area contributed by atoms with Crippen molar-refractivity contribution in [2.45, 2.75) is 20.4 Å². The number of carbonyl (C=O) groups is 2. The Bertz CT molecular complexity index is 991. The lowest BCUT2D eigenvalue weighted by Gasteiger charge is -2.10. The van der Waals surface area contributed by atoms with E-state index in [4.69, 9.17) is 0 Å². The summed E-state index contributed by atoms with van der Waals surface area (Å²) < 4.78 is 0. The summed E-state index contributed by atoms with van der Waals surface area (Å²) >= 11 is 0. The number of benzene rings is 1. The van der Waals surface area contributed by atoms with Crippen molar-refractivity contribution in [1.82, 2.24) is 20.3 Å². The van der Waals surface area contributed by atoms with Crippen molar-refractivity contribution >= 4 is 29.1 Å². The zero-order valence-electron chi connectivity index (χ0n) is 15.6. The maximum atomic E-state index is 12.5. The van der Waals surface area contributed by atoms with Gasteiger partial charge in [0.1, 0.15) is 5.69 Å². The highest BCUT2D eigenvalue weighted by atomic mass is 16.2. The molecule has 8 heteroatoms. The SMILES string of the molecule is CC(=O)Nc1cccc(Nc2nc(C)cc(C(=O)NCc3ccncc3)n2)c1. The van der Waals surface area contributed by atoms with Crippen LogP contribution < -0.4 is 16.0 Å². The van der Waals surface area contributed by atoms with E-state index in [1.807, 2.05) is 18.2 Å². The molecule has 0 saturated carbocycles. The summed E-state index contributed by atoms with van der Waals surface area (Å²) in [7, 11) is 0. The van der Waals surface area contributed by atoms with E-state index >= 15 is 0 Å². The van der Waals surface area contributed by atoms with E-state index in [2.05, 4.69) is 30.9 Å². The normalized spacial score (nSPS) is 10.2. The molecule has 0 fully saturated rings. The molecular weight excluding hydrogens is 356 g/mol. The van der Waals surface area contributed by atoms with Gasteiger partial charge in [0.25, 0.3) is 5.91 Å². The number of hydrogen-bond acceptors (Lipinski definition) is 6. The third kappa shape index (κ3) is 5.34. The molecule has 0 aliphatic rings. The average Bonchev–Trinajstić information content (AvgIpc) is 2.66. The average molecular weight is 376 g/mol. The Morgan fingerprint density at radius 2 is 1.75 bits per heavy atom. The van der Waals surface area contributed by atoms with Crippen LogP contribution in [0.5, 0.6) is 0 Å². The van der Waals surface area contributed by atoms with Crippen LogP contribution in [-0.2, 0) is 11.3 Å². The molecule has 3 rings (SSSR count). The highest BCUT2D eigenvalue weighted by Gasteiger charge is 2.11. The van der Waals surface area contributed by atoms with Gasteiger partial charge in [-0.1, -0.05) is 6.07 Å². The van der Waals surface area contributed by atoms with Gasteiger partial charge in [-0.15, -0.1) is 0 Å². The van der Waals surface area contributed by atoms with Crippen LogP contribution in [0, 0.1) is 6.92 Å². The van der Waals surface area contributed by atoms with Gasteiger partial charge in [-0.05, 0) is 48.9 Å². The third-order valence-corrected chi connectivity index (χ3v) is 3.73. The minimum Gasteiger partial charge on any atom is -0.347 e. The first-order valence-corrected chi connectivity index (χ1v) is 8.67. The fourth-order valence-electron chi connectivity index (χ4n) is 2.52. The second kappa shape index (κ2) is 8.72. The number of hydrogen-bond donors (Lipinski definition) is 3. The smallest absolute Gasteiger partial charge is 0.270 e. The Morgan fingerprint density at radius 3 is 2.50 bits per heavy atom. The first-order chi connectivity index (χ1) is 13.5. The van der Waals surface area contributed by atoms with Gasteiger partial charge < -0.3 is 16.0 Å². The molecule has 2 aromatic heterocycles. The molecule has 3 aromatic rings. The maximum Gasteiger partial charge on any atom is 0.270 e. The third-order valence-electron chi connectivity index (χ3n) is 3.73. The lowest BCUT2D eigenvalue weighted by Crippen LogP contribution is -2.24. The first kappa shape index (κ1) is 19.0. The van der Waals surface area contributed by atoms with E-state index in [9.17, 15) is 9.59 Å². The predicted octanol–water partition coefficient (Wildman–Crippen LogP) is 2.81. The molecule has 0 aliphatic carbocycles. The van der Waals surface area contributed by atoms with Crippen molar-refractivity contribution in [3.8, 4) is 0 Å². The number of aromatic nitrogens is 3. The van der Waals surface area contributed by atoms with Crippen LogP contribution in [0.25, 0.3) is 0 Å². The number of amides is 2. The Hall–Kier alpha value is -3.81. The zero-order valence-corrected chi connectivity index (χ0v) is 15.6. The molecule has 0 radical (unpaired) electrons. The first-order valence-electron chi connectivity index (χ1n) is 8.67. The molecule has 0 saturated heterocycles. The Kier molecular flexibility index (Phi) is 5.91. The van der Waals surface area contributed by atoms with Gasteiger partial charge in [-0.2, -0.15) is 0 Å². The van der Waals surface area contributed by atoms with Crippen LogP contribution in [0.3, 0.4) is 0 Å². The number of aryl methyl sites for hydroxylation is 1. The predicted molar refractivity (Wildman–Crippen MR) is 106 cm³/mol. The van der Waals surface area contributed by atoms with E-state index in [1.165, 1.54) is 6.92 Å². The Labute approximate surface area is 162 Å². The van der Waals surface area contributed by atoms with Crippen molar-refractivity contribution < 1.29 is 9.59 Å². The van der Waals surface area contributed by atoms with Crippen LogP contribution in [0.15, 0.2) is 54.9 Å². The summed E-state index contributed by atoms with van der Waals surface area (Å²) in [6.45, 7) is 3.62. The zero-order chi connectivity index (χ0) is 19.9. The molecule has 1 aromatic carbocycles. The van der Waals surface area contributed by atoms with Crippen molar-refractivity contribution in [1.29, 1.82) is 0 Å². The Morgan fingerprint density at radius 1 is 1.00 bits per heavy atom. The topological polar surface area (TPSA) is 109 Å². The van der Waals surface area contributed by atoms with Gasteiger partial charge in [-0.25, -0.2) is 9.97 Å². The van der Waals surface area contributed by atoms with E-state index in [1.54, 1.807) is 43.6 Å². The fraction of sp³-hybridized carbons (Fsp3) is 0.150. The summed E-state index contributed by atoms with van der Waals surface area (Å²) in [5.74, 6) is -0.150. The number of rotatable bonds is 6. The van der Waals surface area contributed by atoms with E-state index in [0.29, 0.717) is 29.6 Å². The van der Waals surface area contributed by atoms with E-state index in [-0.39, 0.29) is 17.5 Å². The fourth-order valence-corrected chi connectivity index (χ4v) is 2.52. The number of nitrogens with one attached hydrogen (secondary N) is 3. The summed E-state index contributed by atoms with van der Waals surface area (Å²) in [4.78, 5) is 36.2. The van der Waals surface area contributed by atoms with Gasteiger partial charge in [0, 0.05) is 42.9 Å². The van der Waals surface area contributed by atoms with Gasteiger partial charge in [0.15, 0.2) is 0 Å². The van der Waals surface area contributed by atoms with Gasteiger partial charge in [0.2, 0.25) is 11.9 Å². The largest absolute Gasteiger partial charge is 0.347 e. The van der Waals surface area contributed by atoms with E-state index in [0.717, 1.165) is 5.56 Å². The number of anilines is 3. The van der Waals surface area contributed by atoms with Crippen LogP contribution in [0.2, 0.25) is 0 Å². The van der Waals surface area contributed by atoms with Crippen LogP contribution in [0.4, 0.5) is 17.3 Å². The Balaban J connectivity index is 1.72. The van der Waals surface area contributed by atoms with Crippen molar-refractivity contribution in [3.63, 3.8) is 0 Å². The summed E-state index contributed by atoms with van der Waals surface area (Å²) in [6.07, 6.45) is 3.35. The molecule has 0 aliphatic heterocycles. The monoisotopic (exact) mass is 376 g/mol. The van der Waals surface area contributed by atoms with Gasteiger partial charge in [0.05, 0.1) is 0 Å². The molecule has 0 atom stereocenters. The number of nitrogens with zero attached hydrogens (tertiary/aromatic N) is 3. The molecule has 0 spiro atoms. The van der Waals surface area contributed by atoms with Crippen molar-refractivity contribution in [2.24, 2.45) is 0 Å². The highest BCUT2D eigenvalue weighted by Crippen LogP contribution is 2.18. The van der Waals surface area contributed by atoms with Gasteiger partial charge >= 0.3 is 0 Å². The van der Waals surface area contributed by atoms with Crippen LogP contribution in [-0.4, -0.2) is 26.8 Å². The molecule has 3 N–H and O–H groups in total. The number of carbonyl (C=O) groups excluding carboxylic acids is 2. The van der Waals surface area contributed by atoms with Gasteiger partial charge in [-0.3, -0.25) is 14.6 Å². The maximum absolute atomic E-state index is 12.5. The van der Waals surface area contributed by atoms with Crippen LogP contribution >= 0.6 is 0 Å². The second-order valence-electron chi connectivity index (χ2n) is 6.14. The standard InChI is InChI=1S/C20H20N6O2/c1-13-10-18(19(28)22-12-15-6-8-21-9-7-15)26-20(23-13)25-17-5-3-4-16(11-17)24-14(2)27/h3-11H,12H2,1-2H3,(H,22,28)(H,24,27)(H,23,25,26). The van der Waals surface area contributed by atoms with Crippen molar-refractivity contribution in [2.75, 3.05) is 10.6 Å². The molecule has 0 unspecified atom stereocenters. The molecular formula is C20H20N6O2. The summed E-state index contributed by atoms with van der Waals surface area (Å²) in [6, 6.07) is 12.5. The quantitative estimate of drug-likeness (QED) is 0.610. The lowest BCUT2D eigenvalue weighted by molar-refractivity contribution is -0.114. The molecule has 2 amide bonds.